The summed E-state index contributed by atoms with van der Waals surface area (Å²) in [4.78, 5) is 18.4. The van der Waals surface area contributed by atoms with Gasteiger partial charge in [0.1, 0.15) is 5.38 Å². The first-order chi connectivity index (χ1) is 11.5. The fourth-order valence-corrected chi connectivity index (χ4v) is 3.45. The molecule has 0 spiro atoms. The molecule has 1 amide bonds. The van der Waals surface area contributed by atoms with Crippen molar-refractivity contribution in [3.05, 3.63) is 47.0 Å². The fourth-order valence-electron chi connectivity index (χ4n) is 2.73. The zero-order valence-electron chi connectivity index (χ0n) is 13.8. The third-order valence-electron chi connectivity index (χ3n) is 4.17. The van der Waals surface area contributed by atoms with E-state index in [-0.39, 0.29) is 5.91 Å². The van der Waals surface area contributed by atoms with Gasteiger partial charge in [0.05, 0.1) is 0 Å². The quantitative estimate of drug-likeness (QED) is 0.821. The molecule has 0 bridgehead atoms. The molecule has 3 rings (SSSR count). The van der Waals surface area contributed by atoms with Crippen LogP contribution < -0.4 is 10.2 Å². The number of aromatic nitrogens is 1. The Morgan fingerprint density at radius 2 is 2.12 bits per heavy atom. The number of alkyl halides is 1. The largest absolute Gasteiger partial charge is 0.343 e. The average Bonchev–Trinajstić information content (AvgIpc) is 3.10. The van der Waals surface area contributed by atoms with Crippen LogP contribution in [0.5, 0.6) is 0 Å². The summed E-state index contributed by atoms with van der Waals surface area (Å²) in [6, 6.07) is 7.96. The molecular weight excluding hydrogens is 342 g/mol. The number of hydrogen-bond donors (Lipinski definition) is 1. The lowest BCUT2D eigenvalue weighted by Gasteiger charge is -2.30. The van der Waals surface area contributed by atoms with Gasteiger partial charge in [-0.1, -0.05) is 17.7 Å². The van der Waals surface area contributed by atoms with Crippen molar-refractivity contribution in [2.24, 2.45) is 0 Å². The molecule has 1 aliphatic rings. The first kappa shape index (κ1) is 17.0. The van der Waals surface area contributed by atoms with Crippen molar-refractivity contribution in [3.8, 4) is 0 Å². The molecule has 6 heteroatoms. The van der Waals surface area contributed by atoms with E-state index in [0.717, 1.165) is 30.3 Å². The Morgan fingerprint density at radius 3 is 2.75 bits per heavy atom. The summed E-state index contributed by atoms with van der Waals surface area (Å²) in [5, 5.41) is 5.35. The normalized spacial score (nSPS) is 16.2. The van der Waals surface area contributed by atoms with Crippen molar-refractivity contribution >= 4 is 45.2 Å². The molecule has 126 valence electrons. The van der Waals surface area contributed by atoms with Crippen LogP contribution in [0.15, 0.2) is 41.4 Å². The monoisotopic (exact) mass is 361 g/mol. The van der Waals surface area contributed by atoms with Gasteiger partial charge in [-0.05, 0) is 43.5 Å². The van der Waals surface area contributed by atoms with Crippen LogP contribution in [0.3, 0.4) is 0 Å². The Hall–Kier alpha value is -1.85. The maximum atomic E-state index is 11.7. The second-order valence-corrected chi connectivity index (χ2v) is 7.46. The van der Waals surface area contributed by atoms with Crippen LogP contribution in [-0.2, 0) is 4.79 Å². The van der Waals surface area contributed by atoms with E-state index in [1.165, 1.54) is 16.7 Å². The molecule has 0 fully saturated rings. The lowest BCUT2D eigenvalue weighted by Crippen LogP contribution is -2.30. The van der Waals surface area contributed by atoms with Crippen molar-refractivity contribution < 1.29 is 4.79 Å². The number of nitrogens with one attached hydrogen (secondary N) is 1. The van der Waals surface area contributed by atoms with Crippen molar-refractivity contribution in [1.82, 2.24) is 4.98 Å². The van der Waals surface area contributed by atoms with Crippen molar-refractivity contribution in [3.63, 3.8) is 0 Å². The van der Waals surface area contributed by atoms with Crippen molar-refractivity contribution in [2.45, 2.75) is 25.6 Å². The van der Waals surface area contributed by atoms with Crippen molar-refractivity contribution in [1.29, 1.82) is 0 Å². The summed E-state index contributed by atoms with van der Waals surface area (Å²) in [7, 11) is 0. The molecule has 0 radical (unpaired) electrons. The molecular formula is C18H20ClN3OS. The number of anilines is 2. The Morgan fingerprint density at radius 1 is 1.38 bits per heavy atom. The summed E-state index contributed by atoms with van der Waals surface area (Å²) in [5.41, 5.74) is 4.70. The number of rotatable bonds is 4. The van der Waals surface area contributed by atoms with Crippen LogP contribution in [-0.4, -0.2) is 29.4 Å². The summed E-state index contributed by atoms with van der Waals surface area (Å²) in [6.45, 7) is 5.72. The van der Waals surface area contributed by atoms with Gasteiger partial charge >= 0.3 is 0 Å². The molecule has 2 heterocycles. The van der Waals surface area contributed by atoms with Gasteiger partial charge in [-0.2, -0.15) is 0 Å². The summed E-state index contributed by atoms with van der Waals surface area (Å²) >= 11 is 7.46. The van der Waals surface area contributed by atoms with Gasteiger partial charge in [-0.3, -0.25) is 4.79 Å². The van der Waals surface area contributed by atoms with Gasteiger partial charge in [0.25, 0.3) is 0 Å². The van der Waals surface area contributed by atoms with E-state index in [9.17, 15) is 4.79 Å². The van der Waals surface area contributed by atoms with E-state index in [4.69, 9.17) is 11.6 Å². The second kappa shape index (κ2) is 7.36. The lowest BCUT2D eigenvalue weighted by molar-refractivity contribution is -0.115. The summed E-state index contributed by atoms with van der Waals surface area (Å²) in [6.07, 6.45) is 2.89. The molecule has 1 N–H and O–H groups in total. The average molecular weight is 362 g/mol. The van der Waals surface area contributed by atoms with Crippen molar-refractivity contribution in [2.75, 3.05) is 23.3 Å². The predicted octanol–water partition coefficient (Wildman–Crippen LogP) is 4.39. The minimum Gasteiger partial charge on any atom is -0.343 e. The van der Waals surface area contributed by atoms with E-state index in [0.29, 0.717) is 0 Å². The fraction of sp³-hybridized carbons (Fsp3) is 0.333. The maximum absolute atomic E-state index is 11.7. The van der Waals surface area contributed by atoms with Crippen LogP contribution in [0.2, 0.25) is 0 Å². The van der Waals surface area contributed by atoms with E-state index >= 15 is 0 Å². The SMILES string of the molecule is CC1=C(c2ccc(NC(=O)C(C)Cl)cc2)CN(c2nccs2)CC1. The highest BCUT2D eigenvalue weighted by Crippen LogP contribution is 2.31. The topological polar surface area (TPSA) is 45.2 Å². The Kier molecular flexibility index (Phi) is 5.21. The smallest absolute Gasteiger partial charge is 0.242 e. The number of nitrogens with zero attached hydrogens (tertiary/aromatic N) is 2. The van der Waals surface area contributed by atoms with Crippen LogP contribution in [0.1, 0.15) is 25.8 Å². The lowest BCUT2D eigenvalue weighted by atomic mass is 9.95. The third kappa shape index (κ3) is 3.79. The van der Waals surface area contributed by atoms with Crippen LogP contribution >= 0.6 is 22.9 Å². The molecule has 4 nitrogen and oxygen atoms in total. The minimum absolute atomic E-state index is 0.188. The van der Waals surface area contributed by atoms with Gasteiger partial charge in [-0.25, -0.2) is 4.98 Å². The van der Waals surface area contributed by atoms with E-state index in [1.807, 2.05) is 23.7 Å². The van der Waals surface area contributed by atoms with Gasteiger partial charge in [0.15, 0.2) is 5.13 Å². The van der Waals surface area contributed by atoms with Gasteiger partial charge < -0.3 is 10.2 Å². The summed E-state index contributed by atoms with van der Waals surface area (Å²) in [5.74, 6) is -0.188. The number of thiazole rings is 1. The number of carbonyl (C=O) groups is 1. The number of benzene rings is 1. The molecule has 24 heavy (non-hydrogen) atoms. The molecule has 1 unspecified atom stereocenters. The van der Waals surface area contributed by atoms with E-state index < -0.39 is 5.38 Å². The molecule has 1 atom stereocenters. The molecule has 0 saturated heterocycles. The molecule has 1 aromatic carbocycles. The first-order valence-electron chi connectivity index (χ1n) is 7.93. The van der Waals surface area contributed by atoms with E-state index in [2.05, 4.69) is 34.3 Å². The Bertz CT molecular complexity index is 738. The maximum Gasteiger partial charge on any atom is 0.242 e. The first-order valence-corrected chi connectivity index (χ1v) is 9.24. The van der Waals surface area contributed by atoms with Gasteiger partial charge in [0, 0.05) is 30.4 Å². The zero-order chi connectivity index (χ0) is 17.1. The standard InChI is InChI=1S/C18H20ClN3OS/c1-12-7-9-22(18-20-8-10-24-18)11-16(12)14-3-5-15(6-4-14)21-17(23)13(2)19/h3-6,8,10,13H,7,9,11H2,1-2H3,(H,21,23). The molecule has 1 aromatic heterocycles. The minimum atomic E-state index is -0.542. The number of halogens is 1. The number of amides is 1. The highest BCUT2D eigenvalue weighted by Gasteiger charge is 2.19. The highest BCUT2D eigenvalue weighted by atomic mass is 35.5. The Labute approximate surface area is 151 Å². The molecule has 1 aliphatic heterocycles. The number of carbonyl (C=O) groups excluding carboxylic acids is 1. The summed E-state index contributed by atoms with van der Waals surface area (Å²) < 4.78 is 0. The third-order valence-corrected chi connectivity index (χ3v) is 5.20. The van der Waals surface area contributed by atoms with Gasteiger partial charge in [0.2, 0.25) is 5.91 Å². The number of hydrogen-bond acceptors (Lipinski definition) is 4. The predicted molar refractivity (Wildman–Crippen MR) is 102 cm³/mol. The second-order valence-electron chi connectivity index (χ2n) is 5.93. The molecule has 2 aromatic rings. The van der Waals surface area contributed by atoms with Crippen LogP contribution in [0, 0.1) is 0 Å². The zero-order valence-corrected chi connectivity index (χ0v) is 15.3. The van der Waals surface area contributed by atoms with Crippen LogP contribution in [0.25, 0.3) is 5.57 Å². The van der Waals surface area contributed by atoms with Crippen LogP contribution in [0.4, 0.5) is 10.8 Å². The Balaban J connectivity index is 1.76. The highest BCUT2D eigenvalue weighted by molar-refractivity contribution is 7.13. The molecule has 0 saturated carbocycles. The molecule has 0 aliphatic carbocycles. The van der Waals surface area contributed by atoms with E-state index in [1.54, 1.807) is 18.3 Å². The van der Waals surface area contributed by atoms with Gasteiger partial charge in [-0.15, -0.1) is 22.9 Å².